The number of nitrogens with one attached hydrogen (secondary N) is 2. The molecule has 24 heavy (non-hydrogen) atoms. The molecule has 2 aromatic rings. The Morgan fingerprint density at radius 1 is 0.958 bits per heavy atom. The second kappa shape index (κ2) is 9.30. The summed E-state index contributed by atoms with van der Waals surface area (Å²) in [6.45, 7) is 0.530. The van der Waals surface area contributed by atoms with Gasteiger partial charge in [-0.1, -0.05) is 53.5 Å². The molecular formula is C18H18Cl2N2O2. The Bertz CT molecular complexity index is 705. The van der Waals surface area contributed by atoms with Gasteiger partial charge in [-0.3, -0.25) is 9.59 Å². The van der Waals surface area contributed by atoms with Crippen molar-refractivity contribution in [2.45, 2.75) is 19.3 Å². The van der Waals surface area contributed by atoms with E-state index in [0.29, 0.717) is 22.3 Å². The maximum Gasteiger partial charge on any atom is 0.233 e. The van der Waals surface area contributed by atoms with E-state index in [1.54, 1.807) is 12.1 Å². The number of halogens is 2. The first-order valence-electron chi connectivity index (χ1n) is 7.60. The van der Waals surface area contributed by atoms with Crippen LogP contribution in [0.2, 0.25) is 10.0 Å². The van der Waals surface area contributed by atoms with E-state index in [1.807, 2.05) is 30.3 Å². The third-order valence-electron chi connectivity index (χ3n) is 3.33. The van der Waals surface area contributed by atoms with Crippen LogP contribution >= 0.6 is 23.2 Å². The zero-order valence-electron chi connectivity index (χ0n) is 13.0. The lowest BCUT2D eigenvalue weighted by Crippen LogP contribution is -2.29. The number of hydrogen-bond donors (Lipinski definition) is 2. The van der Waals surface area contributed by atoms with Gasteiger partial charge in [0.05, 0.1) is 10.7 Å². The highest BCUT2D eigenvalue weighted by Gasteiger charge is 2.11. The summed E-state index contributed by atoms with van der Waals surface area (Å²) in [5.41, 5.74) is 1.66. The molecule has 6 heteroatoms. The molecule has 0 saturated carbocycles. The van der Waals surface area contributed by atoms with Crippen LogP contribution in [-0.4, -0.2) is 18.4 Å². The lowest BCUT2D eigenvalue weighted by molar-refractivity contribution is -0.126. The van der Waals surface area contributed by atoms with E-state index in [4.69, 9.17) is 23.2 Å². The number of carbonyl (C=O) groups is 2. The fourth-order valence-corrected chi connectivity index (χ4v) is 2.61. The van der Waals surface area contributed by atoms with Gasteiger partial charge in [0.15, 0.2) is 0 Å². The van der Waals surface area contributed by atoms with Crippen molar-refractivity contribution >= 4 is 40.7 Å². The summed E-state index contributed by atoms with van der Waals surface area (Å²) in [4.78, 5) is 23.6. The molecule has 2 N–H and O–H groups in total. The van der Waals surface area contributed by atoms with E-state index >= 15 is 0 Å². The molecule has 0 aromatic heterocycles. The van der Waals surface area contributed by atoms with E-state index in [9.17, 15) is 9.59 Å². The van der Waals surface area contributed by atoms with Gasteiger partial charge in [0, 0.05) is 11.6 Å². The van der Waals surface area contributed by atoms with Crippen molar-refractivity contribution in [2.24, 2.45) is 0 Å². The number of aryl methyl sites for hydroxylation is 1. The van der Waals surface area contributed by atoms with Crippen molar-refractivity contribution in [2.75, 3.05) is 11.9 Å². The standard InChI is InChI=1S/C18H18Cl2N2O2/c19-14-8-9-16(15(20)11-14)22-18(24)12-17(23)21-10-4-7-13-5-2-1-3-6-13/h1-3,5-6,8-9,11H,4,7,10,12H2,(H,21,23)(H,22,24). The fourth-order valence-electron chi connectivity index (χ4n) is 2.16. The number of rotatable bonds is 7. The number of amides is 2. The summed E-state index contributed by atoms with van der Waals surface area (Å²) in [5, 5.41) is 6.15. The molecule has 2 rings (SSSR count). The fraction of sp³-hybridized carbons (Fsp3) is 0.222. The summed E-state index contributed by atoms with van der Waals surface area (Å²) in [7, 11) is 0. The first-order chi connectivity index (χ1) is 11.5. The van der Waals surface area contributed by atoms with E-state index in [-0.39, 0.29) is 12.3 Å². The van der Waals surface area contributed by atoms with Gasteiger partial charge < -0.3 is 10.6 Å². The van der Waals surface area contributed by atoms with Crippen molar-refractivity contribution in [3.8, 4) is 0 Å². The largest absolute Gasteiger partial charge is 0.356 e. The van der Waals surface area contributed by atoms with Crippen LogP contribution in [0.1, 0.15) is 18.4 Å². The molecule has 0 atom stereocenters. The topological polar surface area (TPSA) is 58.2 Å². The van der Waals surface area contributed by atoms with Crippen LogP contribution in [0.3, 0.4) is 0 Å². The summed E-state index contributed by atoms with van der Waals surface area (Å²) in [5.74, 6) is -0.731. The average molecular weight is 365 g/mol. The van der Waals surface area contributed by atoms with Gasteiger partial charge >= 0.3 is 0 Å². The van der Waals surface area contributed by atoms with Crippen molar-refractivity contribution in [1.82, 2.24) is 5.32 Å². The zero-order valence-corrected chi connectivity index (χ0v) is 14.5. The Morgan fingerprint density at radius 3 is 2.42 bits per heavy atom. The zero-order chi connectivity index (χ0) is 17.4. The Balaban J connectivity index is 1.69. The molecule has 0 aliphatic rings. The molecule has 0 fully saturated rings. The summed E-state index contributed by atoms with van der Waals surface area (Å²) in [6, 6.07) is 14.8. The molecule has 0 aliphatic heterocycles. The monoisotopic (exact) mass is 364 g/mol. The third-order valence-corrected chi connectivity index (χ3v) is 3.88. The minimum Gasteiger partial charge on any atom is -0.356 e. The van der Waals surface area contributed by atoms with Crippen LogP contribution in [0.4, 0.5) is 5.69 Å². The van der Waals surface area contributed by atoms with Crippen molar-refractivity contribution < 1.29 is 9.59 Å². The van der Waals surface area contributed by atoms with Gasteiger partial charge in [-0.05, 0) is 36.6 Å². The highest BCUT2D eigenvalue weighted by Crippen LogP contribution is 2.25. The van der Waals surface area contributed by atoms with Crippen LogP contribution in [0.15, 0.2) is 48.5 Å². The summed E-state index contributed by atoms with van der Waals surface area (Å²) in [6.07, 6.45) is 1.46. The number of carbonyl (C=O) groups excluding carboxylic acids is 2. The second-order valence-corrected chi connectivity index (χ2v) is 6.13. The summed E-state index contributed by atoms with van der Waals surface area (Å²) < 4.78 is 0. The maximum absolute atomic E-state index is 11.9. The predicted molar refractivity (Wildman–Crippen MR) is 97.5 cm³/mol. The predicted octanol–water partition coefficient (Wildman–Crippen LogP) is 4.07. The van der Waals surface area contributed by atoms with Gasteiger partial charge in [-0.2, -0.15) is 0 Å². The van der Waals surface area contributed by atoms with E-state index < -0.39 is 5.91 Å². The molecule has 0 spiro atoms. The van der Waals surface area contributed by atoms with E-state index in [2.05, 4.69) is 10.6 Å². The molecule has 2 amide bonds. The normalized spacial score (nSPS) is 10.2. The summed E-state index contributed by atoms with van der Waals surface area (Å²) >= 11 is 11.8. The van der Waals surface area contributed by atoms with Crippen LogP contribution in [0.25, 0.3) is 0 Å². The Hall–Kier alpha value is -2.04. The van der Waals surface area contributed by atoms with Crippen LogP contribution in [0.5, 0.6) is 0 Å². The van der Waals surface area contributed by atoms with Crippen LogP contribution in [0, 0.1) is 0 Å². The minimum atomic E-state index is -0.417. The number of anilines is 1. The van der Waals surface area contributed by atoms with E-state index in [1.165, 1.54) is 11.6 Å². The van der Waals surface area contributed by atoms with E-state index in [0.717, 1.165) is 12.8 Å². The van der Waals surface area contributed by atoms with Gasteiger partial charge in [-0.15, -0.1) is 0 Å². The molecule has 0 bridgehead atoms. The molecule has 0 unspecified atom stereocenters. The maximum atomic E-state index is 11.9. The molecule has 4 nitrogen and oxygen atoms in total. The minimum absolute atomic E-state index is 0.246. The molecule has 0 radical (unpaired) electrons. The van der Waals surface area contributed by atoms with Gasteiger partial charge in [0.25, 0.3) is 0 Å². The van der Waals surface area contributed by atoms with Crippen LogP contribution in [-0.2, 0) is 16.0 Å². The number of benzene rings is 2. The first kappa shape index (κ1) is 18.3. The SMILES string of the molecule is O=C(CC(=O)Nc1ccc(Cl)cc1Cl)NCCCc1ccccc1. The Morgan fingerprint density at radius 2 is 1.71 bits per heavy atom. The van der Waals surface area contributed by atoms with Crippen molar-refractivity contribution in [3.63, 3.8) is 0 Å². The van der Waals surface area contributed by atoms with Crippen LogP contribution < -0.4 is 10.6 Å². The van der Waals surface area contributed by atoms with Crippen molar-refractivity contribution in [1.29, 1.82) is 0 Å². The van der Waals surface area contributed by atoms with Gasteiger partial charge in [0.2, 0.25) is 11.8 Å². The number of hydrogen-bond acceptors (Lipinski definition) is 2. The third kappa shape index (κ3) is 6.22. The Labute approximate surface area is 151 Å². The highest BCUT2D eigenvalue weighted by atomic mass is 35.5. The highest BCUT2D eigenvalue weighted by molar-refractivity contribution is 6.36. The quantitative estimate of drug-likeness (QED) is 0.574. The average Bonchev–Trinajstić information content (AvgIpc) is 2.55. The smallest absolute Gasteiger partial charge is 0.233 e. The molecule has 126 valence electrons. The van der Waals surface area contributed by atoms with Crippen molar-refractivity contribution in [3.05, 3.63) is 64.1 Å². The lowest BCUT2D eigenvalue weighted by atomic mass is 10.1. The van der Waals surface area contributed by atoms with Gasteiger partial charge in [0.1, 0.15) is 6.42 Å². The molecule has 0 saturated heterocycles. The molecule has 0 heterocycles. The van der Waals surface area contributed by atoms with Gasteiger partial charge in [-0.25, -0.2) is 0 Å². The Kier molecular flexibility index (Phi) is 7.09. The molecule has 0 aliphatic carbocycles. The molecule has 2 aromatic carbocycles. The lowest BCUT2D eigenvalue weighted by Gasteiger charge is -2.08. The molecular weight excluding hydrogens is 347 g/mol. The second-order valence-electron chi connectivity index (χ2n) is 5.29. The first-order valence-corrected chi connectivity index (χ1v) is 8.36.